The number of nitrogens with one attached hydrogen (secondary N) is 2. The van der Waals surface area contributed by atoms with Crippen molar-refractivity contribution in [2.24, 2.45) is 7.05 Å². The number of hydrogen-bond acceptors (Lipinski definition) is 3. The number of H-pyrrole nitrogens is 1. The van der Waals surface area contributed by atoms with Crippen molar-refractivity contribution in [3.8, 4) is 0 Å². The van der Waals surface area contributed by atoms with E-state index in [0.29, 0.717) is 17.0 Å². The monoisotopic (exact) mass is 197 g/mol. The van der Waals surface area contributed by atoms with Gasteiger partial charge in [-0.2, -0.15) is 0 Å². The van der Waals surface area contributed by atoms with Crippen LogP contribution in [0.4, 0.5) is 5.69 Å². The first-order valence-corrected chi connectivity index (χ1v) is 4.20. The van der Waals surface area contributed by atoms with Crippen LogP contribution in [0.3, 0.4) is 0 Å². The summed E-state index contributed by atoms with van der Waals surface area (Å²) in [6, 6.07) is 0. The number of aryl methyl sites for hydroxylation is 1. The van der Waals surface area contributed by atoms with Gasteiger partial charge in [0.15, 0.2) is 4.77 Å². The van der Waals surface area contributed by atoms with Gasteiger partial charge < -0.3 is 9.88 Å². The third-order valence-corrected chi connectivity index (χ3v) is 1.94. The number of aromatic nitrogens is 2. The molecule has 0 saturated carbocycles. The van der Waals surface area contributed by atoms with Gasteiger partial charge in [-0.05, 0) is 12.2 Å². The fourth-order valence-corrected chi connectivity index (χ4v) is 1.02. The van der Waals surface area contributed by atoms with Crippen molar-refractivity contribution in [1.82, 2.24) is 9.55 Å². The Bertz CT molecular complexity index is 418. The Balaban J connectivity index is 3.08. The fraction of sp³-hybridized carbons (Fsp3) is 0.250. The Morgan fingerprint density at radius 2 is 2.54 bits per heavy atom. The van der Waals surface area contributed by atoms with Crippen molar-refractivity contribution in [2.75, 3.05) is 11.9 Å². The predicted octanol–water partition coefficient (Wildman–Crippen LogP) is 1.04. The van der Waals surface area contributed by atoms with E-state index < -0.39 is 0 Å². The van der Waals surface area contributed by atoms with E-state index in [-0.39, 0.29) is 5.56 Å². The summed E-state index contributed by atoms with van der Waals surface area (Å²) in [5, 5.41) is 2.90. The highest BCUT2D eigenvalue weighted by Crippen LogP contribution is 1.95. The minimum absolute atomic E-state index is 0.204. The standard InChI is InChI=1S/C8H11N3OS/c1-3-4-9-6-5-11(2)8(13)10-7(6)12/h3,5,9H,1,4H2,2H3,(H,10,12,13). The molecule has 0 atom stereocenters. The molecule has 0 fully saturated rings. The molecule has 1 aromatic rings. The lowest BCUT2D eigenvalue weighted by Gasteiger charge is -2.04. The van der Waals surface area contributed by atoms with Gasteiger partial charge >= 0.3 is 0 Å². The first-order chi connectivity index (χ1) is 6.15. The second-order valence-corrected chi connectivity index (χ2v) is 2.97. The molecule has 1 aromatic heterocycles. The lowest BCUT2D eigenvalue weighted by Crippen LogP contribution is -2.17. The van der Waals surface area contributed by atoms with Gasteiger partial charge in [-0.25, -0.2) is 0 Å². The molecule has 0 aliphatic heterocycles. The largest absolute Gasteiger partial charge is 0.376 e. The third-order valence-electron chi connectivity index (χ3n) is 1.55. The molecular weight excluding hydrogens is 186 g/mol. The Morgan fingerprint density at radius 3 is 3.15 bits per heavy atom. The molecule has 0 unspecified atom stereocenters. The lowest BCUT2D eigenvalue weighted by molar-refractivity contribution is 0.834. The number of anilines is 1. The molecule has 1 heterocycles. The van der Waals surface area contributed by atoms with Gasteiger partial charge in [0, 0.05) is 19.8 Å². The van der Waals surface area contributed by atoms with Crippen LogP contribution in [0.25, 0.3) is 0 Å². The van der Waals surface area contributed by atoms with Crippen molar-refractivity contribution in [1.29, 1.82) is 0 Å². The molecule has 13 heavy (non-hydrogen) atoms. The van der Waals surface area contributed by atoms with Crippen molar-refractivity contribution < 1.29 is 0 Å². The zero-order valence-corrected chi connectivity index (χ0v) is 8.15. The summed E-state index contributed by atoms with van der Waals surface area (Å²) in [7, 11) is 1.78. The van der Waals surface area contributed by atoms with Crippen molar-refractivity contribution >= 4 is 17.9 Å². The first-order valence-electron chi connectivity index (χ1n) is 3.80. The molecule has 0 aliphatic rings. The second kappa shape index (κ2) is 4.04. The maximum atomic E-state index is 11.3. The van der Waals surface area contributed by atoms with Crippen molar-refractivity contribution in [3.05, 3.63) is 34.0 Å². The van der Waals surface area contributed by atoms with Crippen LogP contribution in [0.5, 0.6) is 0 Å². The smallest absolute Gasteiger partial charge is 0.275 e. The summed E-state index contributed by atoms with van der Waals surface area (Å²) in [5.74, 6) is 0. The molecule has 5 heteroatoms. The van der Waals surface area contributed by atoms with Crippen LogP contribution < -0.4 is 10.9 Å². The molecule has 2 N–H and O–H groups in total. The van der Waals surface area contributed by atoms with Crippen LogP contribution in [-0.4, -0.2) is 16.1 Å². The van der Waals surface area contributed by atoms with Crippen molar-refractivity contribution in [2.45, 2.75) is 0 Å². The molecule has 0 aliphatic carbocycles. The van der Waals surface area contributed by atoms with Gasteiger partial charge in [0.2, 0.25) is 0 Å². The molecular formula is C8H11N3OS. The highest BCUT2D eigenvalue weighted by Gasteiger charge is 1.97. The number of rotatable bonds is 3. The van der Waals surface area contributed by atoms with Crippen LogP contribution in [0.2, 0.25) is 0 Å². The molecule has 0 radical (unpaired) electrons. The zero-order chi connectivity index (χ0) is 9.84. The fourth-order valence-electron chi connectivity index (χ4n) is 0.872. The van der Waals surface area contributed by atoms with Gasteiger partial charge in [0.05, 0.1) is 0 Å². The maximum Gasteiger partial charge on any atom is 0.275 e. The van der Waals surface area contributed by atoms with Crippen LogP contribution in [0.15, 0.2) is 23.6 Å². The quantitative estimate of drug-likeness (QED) is 0.562. The van der Waals surface area contributed by atoms with E-state index in [1.54, 1.807) is 23.9 Å². The summed E-state index contributed by atoms with van der Waals surface area (Å²) in [4.78, 5) is 13.8. The van der Waals surface area contributed by atoms with E-state index in [1.807, 2.05) is 0 Å². The SMILES string of the molecule is C=CCNc1cn(C)c(=S)[nH]c1=O. The Morgan fingerprint density at radius 1 is 1.85 bits per heavy atom. The van der Waals surface area contributed by atoms with E-state index in [1.165, 1.54) is 0 Å². The van der Waals surface area contributed by atoms with Gasteiger partial charge in [-0.15, -0.1) is 6.58 Å². The molecule has 0 amide bonds. The van der Waals surface area contributed by atoms with E-state index in [0.717, 1.165) is 0 Å². The van der Waals surface area contributed by atoms with Crippen LogP contribution >= 0.6 is 12.2 Å². The van der Waals surface area contributed by atoms with Crippen LogP contribution in [0.1, 0.15) is 0 Å². The Kier molecular flexibility index (Phi) is 3.02. The minimum atomic E-state index is -0.204. The summed E-state index contributed by atoms with van der Waals surface area (Å²) in [6.07, 6.45) is 3.34. The zero-order valence-electron chi connectivity index (χ0n) is 7.33. The first kappa shape index (κ1) is 9.73. The number of aromatic amines is 1. The van der Waals surface area contributed by atoms with E-state index >= 15 is 0 Å². The lowest BCUT2D eigenvalue weighted by atomic mass is 10.5. The highest BCUT2D eigenvalue weighted by molar-refractivity contribution is 7.71. The summed E-state index contributed by atoms with van der Waals surface area (Å²) in [5.41, 5.74) is 0.293. The van der Waals surface area contributed by atoms with Crippen molar-refractivity contribution in [3.63, 3.8) is 0 Å². The average molecular weight is 197 g/mol. The third kappa shape index (κ3) is 2.29. The van der Waals surface area contributed by atoms with Crippen LogP contribution in [0, 0.1) is 4.77 Å². The second-order valence-electron chi connectivity index (χ2n) is 2.58. The topological polar surface area (TPSA) is 49.8 Å². The summed E-state index contributed by atoms with van der Waals surface area (Å²) < 4.78 is 2.08. The molecule has 0 spiro atoms. The molecule has 0 bridgehead atoms. The van der Waals surface area contributed by atoms with E-state index in [2.05, 4.69) is 16.9 Å². The molecule has 1 rings (SSSR count). The average Bonchev–Trinajstić information content (AvgIpc) is 2.09. The minimum Gasteiger partial charge on any atom is -0.376 e. The normalized spacial score (nSPS) is 9.62. The molecule has 70 valence electrons. The Hall–Kier alpha value is -1.36. The maximum absolute atomic E-state index is 11.3. The number of hydrogen-bond donors (Lipinski definition) is 2. The summed E-state index contributed by atoms with van der Waals surface area (Å²) >= 11 is 4.87. The number of nitrogens with zero attached hydrogens (tertiary/aromatic N) is 1. The van der Waals surface area contributed by atoms with Gasteiger partial charge in [-0.1, -0.05) is 6.08 Å². The summed E-state index contributed by atoms with van der Waals surface area (Å²) in [6.45, 7) is 4.10. The highest BCUT2D eigenvalue weighted by atomic mass is 32.1. The van der Waals surface area contributed by atoms with Gasteiger partial charge in [0.1, 0.15) is 5.69 Å². The molecule has 4 nitrogen and oxygen atoms in total. The predicted molar refractivity (Wildman–Crippen MR) is 55.6 cm³/mol. The van der Waals surface area contributed by atoms with Crippen LogP contribution in [-0.2, 0) is 7.05 Å². The van der Waals surface area contributed by atoms with Gasteiger partial charge in [0.25, 0.3) is 5.56 Å². The molecule has 0 aromatic carbocycles. The van der Waals surface area contributed by atoms with E-state index in [4.69, 9.17) is 12.2 Å². The Labute approximate surface area is 80.9 Å². The molecule has 0 saturated heterocycles. The van der Waals surface area contributed by atoms with Gasteiger partial charge in [-0.3, -0.25) is 9.78 Å². The van der Waals surface area contributed by atoms with E-state index in [9.17, 15) is 4.79 Å².